The molecule has 0 aliphatic heterocycles. The van der Waals surface area contributed by atoms with E-state index in [2.05, 4.69) is 21.2 Å². The largest absolute Gasteiger partial charge is 0.489 e. The zero-order valence-corrected chi connectivity index (χ0v) is 14.7. The van der Waals surface area contributed by atoms with Crippen LogP contribution in [0.25, 0.3) is 0 Å². The lowest BCUT2D eigenvalue weighted by molar-refractivity contribution is -0.117. The molecule has 1 fully saturated rings. The molecule has 1 aliphatic carbocycles. The average Bonchev–Trinajstić information content (AvgIpc) is 3.41. The summed E-state index contributed by atoms with van der Waals surface area (Å²) >= 11 is 3.08. The van der Waals surface area contributed by atoms with Crippen molar-refractivity contribution in [3.8, 4) is 5.75 Å². The third-order valence-corrected chi connectivity index (χ3v) is 4.42. The Bertz CT molecular complexity index is 836. The number of nitrogens with one attached hydrogen (secondary N) is 1. The topological polar surface area (TPSA) is 75.6 Å². The Kier molecular flexibility index (Phi) is 5.03. The lowest BCUT2D eigenvalue weighted by Gasteiger charge is -2.11. The van der Waals surface area contributed by atoms with Crippen molar-refractivity contribution < 1.29 is 23.8 Å². The third kappa shape index (κ3) is 4.36. The highest BCUT2D eigenvalue weighted by molar-refractivity contribution is 9.10. The van der Waals surface area contributed by atoms with Crippen LogP contribution in [0.5, 0.6) is 5.75 Å². The van der Waals surface area contributed by atoms with Crippen LogP contribution >= 0.6 is 15.9 Å². The summed E-state index contributed by atoms with van der Waals surface area (Å²) in [6.07, 6.45) is 1.68. The molecule has 5 nitrogen and oxygen atoms in total. The van der Waals surface area contributed by atoms with Crippen LogP contribution in [0.15, 0.2) is 40.9 Å². The average molecular weight is 408 g/mol. The number of carbonyl (C=O) groups is 2. The van der Waals surface area contributed by atoms with Gasteiger partial charge in [0.05, 0.1) is 15.7 Å². The number of rotatable bonds is 6. The zero-order chi connectivity index (χ0) is 18.0. The van der Waals surface area contributed by atoms with Gasteiger partial charge >= 0.3 is 5.97 Å². The normalized spacial score (nSPS) is 13.4. The number of benzene rings is 2. The van der Waals surface area contributed by atoms with Crippen LogP contribution in [-0.4, -0.2) is 17.0 Å². The highest BCUT2D eigenvalue weighted by Crippen LogP contribution is 2.31. The quantitative estimate of drug-likeness (QED) is 0.751. The van der Waals surface area contributed by atoms with Gasteiger partial charge in [0.1, 0.15) is 18.2 Å². The molecule has 0 aromatic heterocycles. The van der Waals surface area contributed by atoms with E-state index in [0.717, 1.165) is 12.8 Å². The van der Waals surface area contributed by atoms with E-state index in [-0.39, 0.29) is 34.2 Å². The van der Waals surface area contributed by atoms with Crippen molar-refractivity contribution in [2.45, 2.75) is 19.4 Å². The molecule has 2 aromatic carbocycles. The third-order valence-electron chi connectivity index (χ3n) is 3.82. The highest BCUT2D eigenvalue weighted by atomic mass is 79.9. The Morgan fingerprint density at radius 2 is 2.00 bits per heavy atom. The van der Waals surface area contributed by atoms with Gasteiger partial charge in [0.25, 0.3) is 0 Å². The molecule has 0 spiro atoms. The lowest BCUT2D eigenvalue weighted by Crippen LogP contribution is -2.16. The van der Waals surface area contributed by atoms with E-state index in [0.29, 0.717) is 11.3 Å². The van der Waals surface area contributed by atoms with Crippen molar-refractivity contribution in [1.82, 2.24) is 0 Å². The first-order valence-electron chi connectivity index (χ1n) is 7.69. The van der Waals surface area contributed by atoms with Gasteiger partial charge in [0.2, 0.25) is 5.91 Å². The minimum absolute atomic E-state index is 0.00962. The first-order valence-corrected chi connectivity index (χ1v) is 8.48. The maximum atomic E-state index is 13.2. The molecule has 0 atom stereocenters. The van der Waals surface area contributed by atoms with E-state index in [4.69, 9.17) is 4.74 Å². The van der Waals surface area contributed by atoms with E-state index >= 15 is 0 Å². The maximum Gasteiger partial charge on any atom is 0.337 e. The summed E-state index contributed by atoms with van der Waals surface area (Å²) < 4.78 is 19.1. The molecule has 0 radical (unpaired) electrons. The Labute approximate surface area is 151 Å². The maximum absolute atomic E-state index is 13.2. The summed E-state index contributed by atoms with van der Waals surface area (Å²) in [4.78, 5) is 23.3. The highest BCUT2D eigenvalue weighted by Gasteiger charge is 2.30. The SMILES string of the molecule is O=C(O)c1cc(COc2ccc(F)c(Br)c2)ccc1NC(=O)C1CC1. The molecule has 25 heavy (non-hydrogen) atoms. The van der Waals surface area contributed by atoms with Crippen LogP contribution in [0, 0.1) is 11.7 Å². The summed E-state index contributed by atoms with van der Waals surface area (Å²) in [6.45, 7) is 0.120. The number of carboxylic acids is 1. The second kappa shape index (κ2) is 7.23. The van der Waals surface area contributed by atoms with E-state index < -0.39 is 11.8 Å². The van der Waals surface area contributed by atoms with Crippen LogP contribution in [0.4, 0.5) is 10.1 Å². The number of halogens is 2. The summed E-state index contributed by atoms with van der Waals surface area (Å²) in [5, 5.41) is 12.0. The molecule has 0 unspecified atom stereocenters. The molecule has 2 aromatic rings. The minimum atomic E-state index is -1.13. The van der Waals surface area contributed by atoms with Crippen molar-refractivity contribution in [2.24, 2.45) is 5.92 Å². The van der Waals surface area contributed by atoms with E-state index in [1.165, 1.54) is 24.3 Å². The molecule has 1 aliphatic rings. The number of ether oxygens (including phenoxy) is 1. The van der Waals surface area contributed by atoms with E-state index in [1.54, 1.807) is 12.1 Å². The summed E-state index contributed by atoms with van der Waals surface area (Å²) in [6, 6.07) is 8.97. The van der Waals surface area contributed by atoms with Crippen molar-refractivity contribution in [3.05, 3.63) is 57.8 Å². The molecular weight excluding hydrogens is 393 g/mol. The van der Waals surface area contributed by atoms with Gasteiger partial charge in [-0.25, -0.2) is 9.18 Å². The molecule has 3 rings (SSSR count). The van der Waals surface area contributed by atoms with Crippen LogP contribution in [0.1, 0.15) is 28.8 Å². The van der Waals surface area contributed by atoms with Gasteiger partial charge in [-0.15, -0.1) is 0 Å². The number of anilines is 1. The number of carboxylic acid groups (broad SMARTS) is 1. The lowest BCUT2D eigenvalue weighted by atomic mass is 10.1. The molecule has 0 bridgehead atoms. The first kappa shape index (κ1) is 17.4. The van der Waals surface area contributed by atoms with Gasteiger partial charge in [0.15, 0.2) is 0 Å². The Morgan fingerprint density at radius 3 is 2.64 bits per heavy atom. The fourth-order valence-electron chi connectivity index (χ4n) is 2.28. The zero-order valence-electron chi connectivity index (χ0n) is 13.1. The van der Waals surface area contributed by atoms with Crippen LogP contribution < -0.4 is 10.1 Å². The number of carbonyl (C=O) groups excluding carboxylic acids is 1. The van der Waals surface area contributed by atoms with Gasteiger partial charge in [-0.3, -0.25) is 4.79 Å². The summed E-state index contributed by atoms with van der Waals surface area (Å²) in [5.74, 6) is -1.23. The number of hydrogen-bond acceptors (Lipinski definition) is 3. The summed E-state index contributed by atoms with van der Waals surface area (Å²) in [7, 11) is 0. The van der Waals surface area contributed by atoms with E-state index in [9.17, 15) is 19.1 Å². The smallest absolute Gasteiger partial charge is 0.337 e. The predicted octanol–water partition coefficient (Wildman–Crippen LogP) is 4.21. The molecule has 2 N–H and O–H groups in total. The molecule has 1 amide bonds. The standard InChI is InChI=1S/C18H15BrFNO4/c19-14-8-12(4-5-15(14)20)25-9-10-1-6-16(13(7-10)18(23)24)21-17(22)11-2-3-11/h1,4-8,11H,2-3,9H2,(H,21,22)(H,23,24). The Balaban J connectivity index is 1.73. The van der Waals surface area contributed by atoms with Crippen molar-refractivity contribution in [3.63, 3.8) is 0 Å². The summed E-state index contributed by atoms with van der Waals surface area (Å²) in [5.41, 5.74) is 0.912. The molecule has 7 heteroatoms. The van der Waals surface area contributed by atoms with Gasteiger partial charge in [-0.1, -0.05) is 6.07 Å². The van der Waals surface area contributed by atoms with Crippen LogP contribution in [-0.2, 0) is 11.4 Å². The second-order valence-corrected chi connectivity index (χ2v) is 6.67. The molecule has 130 valence electrons. The van der Waals surface area contributed by atoms with Crippen molar-refractivity contribution in [2.75, 3.05) is 5.32 Å². The molecule has 0 saturated heterocycles. The Hall–Kier alpha value is -2.41. The number of amides is 1. The molecule has 1 saturated carbocycles. The fourth-order valence-corrected chi connectivity index (χ4v) is 2.64. The van der Waals surface area contributed by atoms with Crippen molar-refractivity contribution >= 4 is 33.5 Å². The van der Waals surface area contributed by atoms with Crippen LogP contribution in [0.3, 0.4) is 0 Å². The van der Waals surface area contributed by atoms with Gasteiger partial charge in [-0.05, 0) is 64.7 Å². The first-order chi connectivity index (χ1) is 11.9. The van der Waals surface area contributed by atoms with Crippen LogP contribution in [0.2, 0.25) is 0 Å². The molecule has 0 heterocycles. The van der Waals surface area contributed by atoms with Gasteiger partial charge in [-0.2, -0.15) is 0 Å². The monoisotopic (exact) mass is 407 g/mol. The Morgan fingerprint density at radius 1 is 1.24 bits per heavy atom. The second-order valence-electron chi connectivity index (χ2n) is 5.81. The van der Waals surface area contributed by atoms with E-state index in [1.807, 2.05) is 0 Å². The predicted molar refractivity (Wildman–Crippen MR) is 93.2 cm³/mol. The minimum Gasteiger partial charge on any atom is -0.489 e. The number of aromatic carboxylic acids is 1. The molecular formula is C18H15BrFNO4. The van der Waals surface area contributed by atoms with Crippen molar-refractivity contribution in [1.29, 1.82) is 0 Å². The van der Waals surface area contributed by atoms with Gasteiger partial charge < -0.3 is 15.2 Å². The fraction of sp³-hybridized carbons (Fsp3) is 0.222. The van der Waals surface area contributed by atoms with Gasteiger partial charge in [0, 0.05) is 5.92 Å². The number of hydrogen-bond donors (Lipinski definition) is 2.